The molecule has 2 aliphatic heterocycles. The highest BCUT2D eigenvalue weighted by Gasteiger charge is 2.53. The zero-order valence-electron chi connectivity index (χ0n) is 6.17. The Balaban J connectivity index is 0.000000605. The lowest BCUT2D eigenvalue weighted by Crippen LogP contribution is -2.52. The van der Waals surface area contributed by atoms with Gasteiger partial charge in [-0.1, -0.05) is 0 Å². The molecule has 1 spiro atoms. The molecular weight excluding hydrogens is 186 g/mol. The van der Waals surface area contributed by atoms with Crippen LogP contribution in [0.25, 0.3) is 0 Å². The van der Waals surface area contributed by atoms with Gasteiger partial charge in [0.15, 0.2) is 9.84 Å². The summed E-state index contributed by atoms with van der Waals surface area (Å²) in [4.78, 5) is 0. The monoisotopic (exact) mass is 197 g/mol. The highest BCUT2D eigenvalue weighted by Crippen LogP contribution is 2.38. The minimum absolute atomic E-state index is 0. The second-order valence-electron chi connectivity index (χ2n) is 3.18. The van der Waals surface area contributed by atoms with Gasteiger partial charge >= 0.3 is 0 Å². The van der Waals surface area contributed by atoms with E-state index in [-0.39, 0.29) is 17.2 Å². The van der Waals surface area contributed by atoms with Crippen molar-refractivity contribution < 1.29 is 8.42 Å². The largest absolute Gasteiger partial charge is 0.315 e. The van der Waals surface area contributed by atoms with Gasteiger partial charge in [0.25, 0.3) is 0 Å². The molecule has 1 N–H and O–H groups in total. The van der Waals surface area contributed by atoms with Crippen LogP contribution in [0.4, 0.5) is 0 Å². The predicted octanol–water partition coefficient (Wildman–Crippen LogP) is -0.0412. The first-order chi connectivity index (χ1) is 4.66. The Morgan fingerprint density at radius 2 is 2.00 bits per heavy atom. The van der Waals surface area contributed by atoms with E-state index in [9.17, 15) is 8.42 Å². The third-order valence-electron chi connectivity index (χ3n) is 2.69. The SMILES string of the molecule is Cl.O=S1(=O)CCC12CCNC2. The van der Waals surface area contributed by atoms with E-state index in [4.69, 9.17) is 0 Å². The summed E-state index contributed by atoms with van der Waals surface area (Å²) in [5.74, 6) is 0.411. The quantitative estimate of drug-likeness (QED) is 0.593. The smallest absolute Gasteiger partial charge is 0.157 e. The molecular formula is C6H12ClNO2S. The lowest BCUT2D eigenvalue weighted by Gasteiger charge is -2.36. The second-order valence-corrected chi connectivity index (χ2v) is 5.68. The van der Waals surface area contributed by atoms with Gasteiger partial charge in [-0.05, 0) is 19.4 Å². The molecule has 0 aromatic rings. The lowest BCUT2D eigenvalue weighted by molar-refractivity contribution is 0.472. The van der Waals surface area contributed by atoms with Gasteiger partial charge in [0.2, 0.25) is 0 Å². The topological polar surface area (TPSA) is 46.2 Å². The molecule has 2 fully saturated rings. The number of rotatable bonds is 0. The molecule has 2 aliphatic rings. The van der Waals surface area contributed by atoms with Gasteiger partial charge in [0.1, 0.15) is 0 Å². The van der Waals surface area contributed by atoms with E-state index in [2.05, 4.69) is 5.32 Å². The van der Waals surface area contributed by atoms with E-state index in [0.717, 1.165) is 19.4 Å². The van der Waals surface area contributed by atoms with Gasteiger partial charge in [-0.15, -0.1) is 12.4 Å². The van der Waals surface area contributed by atoms with E-state index >= 15 is 0 Å². The summed E-state index contributed by atoms with van der Waals surface area (Å²) >= 11 is 0. The van der Waals surface area contributed by atoms with Gasteiger partial charge in [0.05, 0.1) is 10.5 Å². The van der Waals surface area contributed by atoms with Gasteiger partial charge in [-0.25, -0.2) is 8.42 Å². The summed E-state index contributed by atoms with van der Waals surface area (Å²) in [6.07, 6.45) is 1.71. The third-order valence-corrected chi connectivity index (χ3v) is 5.30. The highest BCUT2D eigenvalue weighted by molar-refractivity contribution is 7.94. The maximum atomic E-state index is 11.2. The molecule has 5 heteroatoms. The lowest BCUT2D eigenvalue weighted by atomic mass is 10.0. The van der Waals surface area contributed by atoms with Crippen LogP contribution < -0.4 is 5.32 Å². The van der Waals surface area contributed by atoms with Gasteiger partial charge in [-0.2, -0.15) is 0 Å². The van der Waals surface area contributed by atoms with Gasteiger partial charge in [-0.3, -0.25) is 0 Å². The van der Waals surface area contributed by atoms with E-state index in [1.165, 1.54) is 0 Å². The zero-order valence-corrected chi connectivity index (χ0v) is 7.80. The van der Waals surface area contributed by atoms with Crippen molar-refractivity contribution >= 4 is 22.2 Å². The number of nitrogens with one attached hydrogen (secondary N) is 1. The van der Waals surface area contributed by atoms with Crippen LogP contribution in [-0.2, 0) is 9.84 Å². The van der Waals surface area contributed by atoms with Crippen molar-refractivity contribution in [1.29, 1.82) is 0 Å². The summed E-state index contributed by atoms with van der Waals surface area (Å²) in [6.45, 7) is 1.56. The Labute approximate surface area is 72.9 Å². The third kappa shape index (κ3) is 1.08. The van der Waals surface area contributed by atoms with Crippen LogP contribution in [0.15, 0.2) is 0 Å². The van der Waals surface area contributed by atoms with Crippen LogP contribution >= 0.6 is 12.4 Å². The van der Waals surface area contributed by atoms with E-state index < -0.39 is 9.84 Å². The molecule has 0 bridgehead atoms. The van der Waals surface area contributed by atoms with Crippen LogP contribution in [0.2, 0.25) is 0 Å². The van der Waals surface area contributed by atoms with Crippen molar-refractivity contribution in [2.45, 2.75) is 17.6 Å². The van der Waals surface area contributed by atoms with Crippen molar-refractivity contribution in [3.05, 3.63) is 0 Å². The summed E-state index contributed by atoms with van der Waals surface area (Å²) < 4.78 is 22.1. The van der Waals surface area contributed by atoms with Crippen molar-refractivity contribution in [2.24, 2.45) is 0 Å². The minimum atomic E-state index is -2.68. The Hall–Kier alpha value is 0.200. The first-order valence-electron chi connectivity index (χ1n) is 3.59. The summed E-state index contributed by atoms with van der Waals surface area (Å²) in [5.41, 5.74) is 0. The number of sulfone groups is 1. The van der Waals surface area contributed by atoms with E-state index in [1.54, 1.807) is 0 Å². The van der Waals surface area contributed by atoms with Crippen LogP contribution in [-0.4, -0.2) is 32.0 Å². The Morgan fingerprint density at radius 1 is 1.27 bits per heavy atom. The fourth-order valence-electron chi connectivity index (χ4n) is 1.76. The molecule has 0 aliphatic carbocycles. The predicted molar refractivity (Wildman–Crippen MR) is 45.9 cm³/mol. The number of halogens is 1. The molecule has 1 atom stereocenters. The molecule has 0 saturated carbocycles. The summed E-state index contributed by atoms with van der Waals surface area (Å²) in [5, 5.41) is 3.09. The van der Waals surface area contributed by atoms with Gasteiger partial charge in [0, 0.05) is 6.54 Å². The van der Waals surface area contributed by atoms with Crippen molar-refractivity contribution in [3.63, 3.8) is 0 Å². The molecule has 0 radical (unpaired) electrons. The van der Waals surface area contributed by atoms with E-state index in [0.29, 0.717) is 12.3 Å². The van der Waals surface area contributed by atoms with E-state index in [1.807, 2.05) is 0 Å². The highest BCUT2D eigenvalue weighted by atomic mass is 35.5. The molecule has 2 heterocycles. The Kier molecular flexibility index (Phi) is 2.20. The van der Waals surface area contributed by atoms with Crippen LogP contribution in [0, 0.1) is 0 Å². The minimum Gasteiger partial charge on any atom is -0.315 e. The molecule has 0 amide bonds. The summed E-state index contributed by atoms with van der Waals surface area (Å²) in [6, 6.07) is 0. The first-order valence-corrected chi connectivity index (χ1v) is 5.25. The van der Waals surface area contributed by atoms with Crippen molar-refractivity contribution in [2.75, 3.05) is 18.8 Å². The Morgan fingerprint density at radius 3 is 2.18 bits per heavy atom. The maximum Gasteiger partial charge on any atom is 0.157 e. The zero-order chi connectivity index (χ0) is 7.24. The molecule has 0 aromatic heterocycles. The fraction of sp³-hybridized carbons (Fsp3) is 1.00. The van der Waals surface area contributed by atoms with Crippen LogP contribution in [0.3, 0.4) is 0 Å². The molecule has 66 valence electrons. The number of hydrogen-bond donors (Lipinski definition) is 1. The second kappa shape index (κ2) is 2.61. The van der Waals surface area contributed by atoms with Gasteiger partial charge < -0.3 is 5.32 Å². The van der Waals surface area contributed by atoms with Crippen molar-refractivity contribution in [1.82, 2.24) is 5.32 Å². The molecule has 0 aromatic carbocycles. The molecule has 3 nitrogen and oxygen atoms in total. The standard InChI is InChI=1S/C6H11NO2S.ClH/c8-10(9)4-2-6(10)1-3-7-5-6;/h7H,1-5H2;1H. The summed E-state index contributed by atoms with van der Waals surface area (Å²) in [7, 11) is -2.68. The normalized spacial score (nSPS) is 39.6. The molecule has 2 saturated heterocycles. The average Bonchev–Trinajstić information content (AvgIpc) is 2.34. The first kappa shape index (κ1) is 9.29. The maximum absolute atomic E-state index is 11.2. The fourth-order valence-corrected chi connectivity index (χ4v) is 3.61. The van der Waals surface area contributed by atoms with Crippen LogP contribution in [0.1, 0.15) is 12.8 Å². The molecule has 1 unspecified atom stereocenters. The average molecular weight is 198 g/mol. The van der Waals surface area contributed by atoms with Crippen molar-refractivity contribution in [3.8, 4) is 0 Å². The van der Waals surface area contributed by atoms with Crippen LogP contribution in [0.5, 0.6) is 0 Å². The number of hydrogen-bond acceptors (Lipinski definition) is 3. The molecule has 2 rings (SSSR count). The molecule has 11 heavy (non-hydrogen) atoms. The Bertz CT molecular complexity index is 243.